The second-order valence-corrected chi connectivity index (χ2v) is 6.72. The molecule has 2 heterocycles. The van der Waals surface area contributed by atoms with Crippen LogP contribution in [0, 0.1) is 0 Å². The van der Waals surface area contributed by atoms with E-state index in [1.54, 1.807) is 18.0 Å². The Balaban J connectivity index is 2.06. The standard InChI is InChI=1S/C20H23ClN4O/c1-3-4-7-13-24(15(2)26)20-23-18-11-8-12-22-19(18)25(20)14-16-9-5-6-10-17(16)21/h5-6,8-12H,3-4,7,13-14H2,1-2H3. The zero-order chi connectivity index (χ0) is 18.5. The summed E-state index contributed by atoms with van der Waals surface area (Å²) in [6.07, 6.45) is 4.86. The molecule has 6 heteroatoms. The maximum absolute atomic E-state index is 12.3. The summed E-state index contributed by atoms with van der Waals surface area (Å²) in [7, 11) is 0. The number of hydrogen-bond acceptors (Lipinski definition) is 3. The van der Waals surface area contributed by atoms with E-state index in [9.17, 15) is 4.79 Å². The minimum Gasteiger partial charge on any atom is -0.290 e. The lowest BCUT2D eigenvalue weighted by Gasteiger charge is -2.21. The van der Waals surface area contributed by atoms with Gasteiger partial charge in [-0.05, 0) is 30.2 Å². The Morgan fingerprint density at radius 3 is 2.73 bits per heavy atom. The van der Waals surface area contributed by atoms with Crippen molar-refractivity contribution in [3.8, 4) is 0 Å². The smallest absolute Gasteiger partial charge is 0.226 e. The Kier molecular flexibility index (Phi) is 5.89. The van der Waals surface area contributed by atoms with E-state index in [0.29, 0.717) is 24.1 Å². The van der Waals surface area contributed by atoms with E-state index in [1.807, 2.05) is 41.0 Å². The van der Waals surface area contributed by atoms with Gasteiger partial charge in [-0.15, -0.1) is 0 Å². The number of unbranched alkanes of at least 4 members (excludes halogenated alkanes) is 2. The molecule has 0 spiro atoms. The van der Waals surface area contributed by atoms with Crippen LogP contribution in [-0.4, -0.2) is 27.0 Å². The minimum absolute atomic E-state index is 0.0168. The maximum Gasteiger partial charge on any atom is 0.226 e. The van der Waals surface area contributed by atoms with Gasteiger partial charge in [-0.2, -0.15) is 0 Å². The minimum atomic E-state index is -0.0168. The van der Waals surface area contributed by atoms with Crippen molar-refractivity contribution in [2.75, 3.05) is 11.4 Å². The Hall–Kier alpha value is -2.40. The summed E-state index contributed by atoms with van der Waals surface area (Å²) >= 11 is 6.35. The summed E-state index contributed by atoms with van der Waals surface area (Å²) in [5.41, 5.74) is 2.50. The van der Waals surface area contributed by atoms with Crippen LogP contribution in [0.1, 0.15) is 38.7 Å². The number of carbonyl (C=O) groups is 1. The Morgan fingerprint density at radius 1 is 1.19 bits per heavy atom. The number of imidazole rings is 1. The lowest BCUT2D eigenvalue weighted by molar-refractivity contribution is -0.116. The van der Waals surface area contributed by atoms with Gasteiger partial charge in [-0.25, -0.2) is 9.97 Å². The van der Waals surface area contributed by atoms with Crippen LogP contribution < -0.4 is 4.90 Å². The molecule has 5 nitrogen and oxygen atoms in total. The van der Waals surface area contributed by atoms with E-state index in [4.69, 9.17) is 16.6 Å². The first-order valence-electron chi connectivity index (χ1n) is 8.94. The molecule has 0 fully saturated rings. The molecule has 26 heavy (non-hydrogen) atoms. The summed E-state index contributed by atoms with van der Waals surface area (Å²) in [4.78, 5) is 23.2. The van der Waals surface area contributed by atoms with Crippen LogP contribution in [0.3, 0.4) is 0 Å². The first-order valence-corrected chi connectivity index (χ1v) is 9.32. The van der Waals surface area contributed by atoms with Crippen LogP contribution >= 0.6 is 11.6 Å². The Bertz CT molecular complexity index is 906. The SMILES string of the molecule is CCCCCN(C(C)=O)c1nc2cccnc2n1Cc1ccccc1Cl. The molecule has 0 aliphatic carbocycles. The normalized spacial score (nSPS) is 11.0. The Morgan fingerprint density at radius 2 is 2.00 bits per heavy atom. The van der Waals surface area contributed by atoms with Gasteiger partial charge in [0, 0.05) is 24.7 Å². The van der Waals surface area contributed by atoms with Gasteiger partial charge in [-0.1, -0.05) is 49.6 Å². The fourth-order valence-corrected chi connectivity index (χ4v) is 3.21. The summed E-state index contributed by atoms with van der Waals surface area (Å²) in [6, 6.07) is 11.5. The second-order valence-electron chi connectivity index (χ2n) is 6.31. The number of hydrogen-bond donors (Lipinski definition) is 0. The highest BCUT2D eigenvalue weighted by Crippen LogP contribution is 2.25. The number of carbonyl (C=O) groups excluding carboxylic acids is 1. The topological polar surface area (TPSA) is 51.0 Å². The molecule has 1 amide bonds. The molecule has 0 aliphatic rings. The van der Waals surface area contributed by atoms with Crippen molar-refractivity contribution in [1.29, 1.82) is 0 Å². The van der Waals surface area contributed by atoms with Crippen molar-refractivity contribution in [3.05, 3.63) is 53.2 Å². The van der Waals surface area contributed by atoms with Gasteiger partial charge in [0.25, 0.3) is 0 Å². The van der Waals surface area contributed by atoms with E-state index >= 15 is 0 Å². The van der Waals surface area contributed by atoms with Crippen molar-refractivity contribution in [3.63, 3.8) is 0 Å². The van der Waals surface area contributed by atoms with Crippen LogP contribution in [0.2, 0.25) is 5.02 Å². The van der Waals surface area contributed by atoms with Crippen molar-refractivity contribution >= 4 is 34.6 Å². The number of fused-ring (bicyclic) bond motifs is 1. The van der Waals surface area contributed by atoms with Gasteiger partial charge in [0.05, 0.1) is 6.54 Å². The monoisotopic (exact) mass is 370 g/mol. The van der Waals surface area contributed by atoms with E-state index in [1.165, 1.54) is 0 Å². The third kappa shape index (κ3) is 3.88. The number of anilines is 1. The number of pyridine rings is 1. The fraction of sp³-hybridized carbons (Fsp3) is 0.350. The van der Waals surface area contributed by atoms with Gasteiger partial charge in [0.2, 0.25) is 11.9 Å². The molecule has 0 saturated carbocycles. The van der Waals surface area contributed by atoms with Gasteiger partial charge >= 0.3 is 0 Å². The van der Waals surface area contributed by atoms with Crippen LogP contribution in [0.5, 0.6) is 0 Å². The molecule has 136 valence electrons. The van der Waals surface area contributed by atoms with Crippen LogP contribution in [0.25, 0.3) is 11.2 Å². The summed E-state index contributed by atoms with van der Waals surface area (Å²) in [5.74, 6) is 0.610. The fourth-order valence-electron chi connectivity index (χ4n) is 3.01. The largest absolute Gasteiger partial charge is 0.290 e. The molecule has 0 radical (unpaired) electrons. The predicted octanol–water partition coefficient (Wildman–Crippen LogP) is 4.68. The van der Waals surface area contributed by atoms with E-state index in [2.05, 4.69) is 11.9 Å². The van der Waals surface area contributed by atoms with Crippen LogP contribution in [-0.2, 0) is 11.3 Å². The molecule has 0 aliphatic heterocycles. The third-order valence-electron chi connectivity index (χ3n) is 4.38. The highest BCUT2D eigenvalue weighted by molar-refractivity contribution is 6.31. The summed E-state index contributed by atoms with van der Waals surface area (Å²) in [6.45, 7) is 4.89. The molecular formula is C20H23ClN4O. The molecule has 0 unspecified atom stereocenters. The van der Waals surface area contributed by atoms with Gasteiger partial charge in [0.1, 0.15) is 5.52 Å². The molecule has 3 rings (SSSR count). The lowest BCUT2D eigenvalue weighted by Crippen LogP contribution is -2.32. The van der Waals surface area contributed by atoms with Gasteiger partial charge in [0.15, 0.2) is 5.65 Å². The van der Waals surface area contributed by atoms with E-state index in [-0.39, 0.29) is 5.91 Å². The molecule has 0 saturated heterocycles. The number of nitrogens with zero attached hydrogens (tertiary/aromatic N) is 4. The first kappa shape index (κ1) is 18.4. The van der Waals surface area contributed by atoms with Gasteiger partial charge in [-0.3, -0.25) is 14.3 Å². The molecule has 2 aromatic heterocycles. The zero-order valence-electron chi connectivity index (χ0n) is 15.2. The molecular weight excluding hydrogens is 348 g/mol. The van der Waals surface area contributed by atoms with Crippen LogP contribution in [0.15, 0.2) is 42.6 Å². The first-order chi connectivity index (χ1) is 12.6. The number of benzene rings is 1. The van der Waals surface area contributed by atoms with Gasteiger partial charge < -0.3 is 0 Å². The van der Waals surface area contributed by atoms with Crippen molar-refractivity contribution < 1.29 is 4.79 Å². The quantitative estimate of drug-likeness (QED) is 0.567. The van der Waals surface area contributed by atoms with Crippen LogP contribution in [0.4, 0.5) is 5.95 Å². The number of amides is 1. The van der Waals surface area contributed by atoms with E-state index in [0.717, 1.165) is 36.0 Å². The number of aromatic nitrogens is 3. The molecule has 3 aromatic rings. The average Bonchev–Trinajstić information content (AvgIpc) is 2.98. The Labute approximate surface area is 158 Å². The molecule has 1 aromatic carbocycles. The number of halogens is 1. The van der Waals surface area contributed by atoms with Crippen molar-refractivity contribution in [2.24, 2.45) is 0 Å². The third-order valence-corrected chi connectivity index (χ3v) is 4.75. The van der Waals surface area contributed by atoms with Crippen molar-refractivity contribution in [2.45, 2.75) is 39.7 Å². The second kappa shape index (κ2) is 8.32. The van der Waals surface area contributed by atoms with E-state index < -0.39 is 0 Å². The predicted molar refractivity (Wildman–Crippen MR) is 106 cm³/mol. The zero-order valence-corrected chi connectivity index (χ0v) is 15.9. The summed E-state index contributed by atoms with van der Waals surface area (Å²) in [5, 5.41) is 0.691. The molecule has 0 atom stereocenters. The maximum atomic E-state index is 12.3. The summed E-state index contributed by atoms with van der Waals surface area (Å²) < 4.78 is 1.98. The molecule has 0 N–H and O–H groups in total. The lowest BCUT2D eigenvalue weighted by atomic mass is 10.2. The number of rotatable bonds is 7. The highest BCUT2D eigenvalue weighted by atomic mass is 35.5. The molecule has 0 bridgehead atoms. The average molecular weight is 371 g/mol. The highest BCUT2D eigenvalue weighted by Gasteiger charge is 2.21. The van der Waals surface area contributed by atoms with Crippen molar-refractivity contribution in [1.82, 2.24) is 14.5 Å².